The van der Waals surface area contributed by atoms with Crippen molar-refractivity contribution in [1.82, 2.24) is 9.88 Å². The number of aliphatic carboxylic acids is 1. The summed E-state index contributed by atoms with van der Waals surface area (Å²) < 4.78 is 10.7. The van der Waals surface area contributed by atoms with E-state index in [0.29, 0.717) is 32.3 Å². The number of carbonyl (C=O) groups is 2. The number of aromatic nitrogens is 1. The quantitative estimate of drug-likeness (QED) is 0.717. The van der Waals surface area contributed by atoms with Crippen LogP contribution in [-0.4, -0.2) is 52.3 Å². The van der Waals surface area contributed by atoms with Gasteiger partial charge in [0.2, 0.25) is 5.13 Å². The van der Waals surface area contributed by atoms with Gasteiger partial charge < -0.3 is 14.6 Å². The molecule has 1 amide bonds. The van der Waals surface area contributed by atoms with E-state index in [1.165, 1.54) is 42.0 Å². The van der Waals surface area contributed by atoms with E-state index in [1.807, 2.05) is 5.38 Å². The van der Waals surface area contributed by atoms with Crippen LogP contribution in [-0.2, 0) is 9.59 Å². The molecule has 2 heterocycles. The number of amidine groups is 1. The van der Waals surface area contributed by atoms with Crippen molar-refractivity contribution in [1.29, 1.82) is 0 Å². The van der Waals surface area contributed by atoms with Gasteiger partial charge in [-0.05, 0) is 42.5 Å². The Balaban J connectivity index is 1.84. The Bertz CT molecular complexity index is 956. The number of thiazole rings is 1. The first-order chi connectivity index (χ1) is 13.4. The number of ether oxygens (including phenoxy) is 2. The van der Waals surface area contributed by atoms with E-state index in [-0.39, 0.29) is 5.91 Å². The Morgan fingerprint density at radius 3 is 2.82 bits per heavy atom. The molecule has 3 rings (SSSR count). The number of carbonyl (C=O) groups excluding carboxylic acids is 1. The third-order valence-corrected chi connectivity index (χ3v) is 5.48. The van der Waals surface area contributed by atoms with Gasteiger partial charge in [0, 0.05) is 18.6 Å². The number of carboxylic acid groups (broad SMARTS) is 1. The predicted molar refractivity (Wildman–Crippen MR) is 108 cm³/mol. The van der Waals surface area contributed by atoms with Crippen LogP contribution in [0.5, 0.6) is 11.5 Å². The molecule has 1 aliphatic rings. The monoisotopic (exact) mass is 419 g/mol. The smallest absolute Gasteiger partial charge is 0.344 e. The fraction of sp³-hybridized carbons (Fsp3) is 0.222. The van der Waals surface area contributed by atoms with Gasteiger partial charge in [-0.25, -0.2) is 9.78 Å². The third-order valence-electron chi connectivity index (χ3n) is 3.75. The minimum Gasteiger partial charge on any atom is -0.493 e. The van der Waals surface area contributed by atoms with E-state index >= 15 is 0 Å². The number of rotatable bonds is 6. The first-order valence-electron chi connectivity index (χ1n) is 8.12. The first kappa shape index (κ1) is 19.9. The fourth-order valence-electron chi connectivity index (χ4n) is 2.27. The summed E-state index contributed by atoms with van der Waals surface area (Å²) in [6, 6.07) is 5.02. The molecule has 0 bridgehead atoms. The standard InChI is InChI=1S/C18H17N3O5S2/c1-10(16(23)24)26-12-5-4-11(8-13(12)25-3)9-14-15(22)21(2)18(28-14)20-17-19-6-7-27-17/h4-10H,1-3H3,(H,23,24)/b14-9+,20-18+. The number of nitrogens with zero attached hydrogens (tertiary/aromatic N) is 3. The molecular weight excluding hydrogens is 402 g/mol. The summed E-state index contributed by atoms with van der Waals surface area (Å²) in [5.41, 5.74) is 0.715. The lowest BCUT2D eigenvalue weighted by molar-refractivity contribution is -0.144. The van der Waals surface area contributed by atoms with Crippen LogP contribution in [0.3, 0.4) is 0 Å². The van der Waals surface area contributed by atoms with E-state index in [4.69, 9.17) is 14.6 Å². The number of hydrogen-bond donors (Lipinski definition) is 1. The van der Waals surface area contributed by atoms with Crippen LogP contribution in [0.2, 0.25) is 0 Å². The van der Waals surface area contributed by atoms with Crippen molar-refractivity contribution < 1.29 is 24.2 Å². The highest BCUT2D eigenvalue weighted by Crippen LogP contribution is 2.35. The lowest BCUT2D eigenvalue weighted by Gasteiger charge is -2.14. The second-order valence-electron chi connectivity index (χ2n) is 5.69. The predicted octanol–water partition coefficient (Wildman–Crippen LogP) is 3.24. The van der Waals surface area contributed by atoms with Crippen LogP contribution >= 0.6 is 23.1 Å². The molecule has 1 fully saturated rings. The maximum atomic E-state index is 12.5. The normalized spacial score (nSPS) is 18.0. The van der Waals surface area contributed by atoms with Gasteiger partial charge in [0.25, 0.3) is 5.91 Å². The van der Waals surface area contributed by atoms with Crippen LogP contribution in [0, 0.1) is 0 Å². The summed E-state index contributed by atoms with van der Waals surface area (Å²) in [7, 11) is 3.13. The topological polar surface area (TPSA) is 101 Å². The molecule has 1 aromatic carbocycles. The molecule has 146 valence electrons. The summed E-state index contributed by atoms with van der Waals surface area (Å²) in [6.07, 6.45) is 2.37. The van der Waals surface area contributed by atoms with E-state index in [0.717, 1.165) is 0 Å². The molecule has 0 aliphatic carbocycles. The van der Waals surface area contributed by atoms with Crippen molar-refractivity contribution in [3.63, 3.8) is 0 Å². The number of amides is 1. The van der Waals surface area contributed by atoms with Gasteiger partial charge >= 0.3 is 5.97 Å². The largest absolute Gasteiger partial charge is 0.493 e. The van der Waals surface area contributed by atoms with Crippen LogP contribution in [0.1, 0.15) is 12.5 Å². The molecule has 1 saturated heterocycles. The first-order valence-corrected chi connectivity index (χ1v) is 9.82. The second-order valence-corrected chi connectivity index (χ2v) is 7.57. The zero-order chi connectivity index (χ0) is 20.3. The van der Waals surface area contributed by atoms with Crippen molar-refractivity contribution >= 4 is 51.4 Å². The zero-order valence-electron chi connectivity index (χ0n) is 15.3. The molecule has 1 unspecified atom stereocenters. The van der Waals surface area contributed by atoms with Gasteiger partial charge in [-0.1, -0.05) is 6.07 Å². The lowest BCUT2D eigenvalue weighted by atomic mass is 10.2. The number of likely N-dealkylation sites (N-methyl/N-ethyl adjacent to an activating group) is 1. The Morgan fingerprint density at radius 1 is 1.39 bits per heavy atom. The van der Waals surface area contributed by atoms with Crippen molar-refractivity contribution in [2.75, 3.05) is 14.2 Å². The Hall–Kier alpha value is -2.85. The summed E-state index contributed by atoms with van der Waals surface area (Å²) in [6.45, 7) is 1.44. The molecule has 8 nitrogen and oxygen atoms in total. The van der Waals surface area contributed by atoms with Crippen molar-refractivity contribution in [2.24, 2.45) is 4.99 Å². The Kier molecular flexibility index (Phi) is 6.00. The van der Waals surface area contributed by atoms with Crippen molar-refractivity contribution in [3.05, 3.63) is 40.2 Å². The molecule has 2 aromatic rings. The molecular formula is C18H17N3O5S2. The molecule has 1 N–H and O–H groups in total. The van der Waals surface area contributed by atoms with Crippen molar-refractivity contribution in [2.45, 2.75) is 13.0 Å². The van der Waals surface area contributed by atoms with E-state index < -0.39 is 12.1 Å². The van der Waals surface area contributed by atoms with Crippen molar-refractivity contribution in [3.8, 4) is 11.5 Å². The maximum Gasteiger partial charge on any atom is 0.344 e. The van der Waals surface area contributed by atoms with Crippen LogP contribution in [0.4, 0.5) is 5.13 Å². The third kappa shape index (κ3) is 4.34. The highest BCUT2D eigenvalue weighted by atomic mass is 32.2. The van der Waals surface area contributed by atoms with Crippen LogP contribution in [0.15, 0.2) is 39.7 Å². The highest BCUT2D eigenvalue weighted by molar-refractivity contribution is 8.18. The van der Waals surface area contributed by atoms with Gasteiger partial charge in [0.15, 0.2) is 22.8 Å². The number of carboxylic acids is 1. The average molecular weight is 419 g/mol. The fourth-order valence-corrected chi connectivity index (χ4v) is 3.80. The molecule has 1 atom stereocenters. The average Bonchev–Trinajstić information content (AvgIpc) is 3.27. The molecule has 10 heteroatoms. The van der Waals surface area contributed by atoms with Crippen LogP contribution in [0.25, 0.3) is 6.08 Å². The molecule has 0 saturated carbocycles. The van der Waals surface area contributed by atoms with E-state index in [9.17, 15) is 9.59 Å². The molecule has 0 spiro atoms. The molecule has 28 heavy (non-hydrogen) atoms. The van der Waals surface area contributed by atoms with Gasteiger partial charge in [0.05, 0.1) is 12.0 Å². The van der Waals surface area contributed by atoms with Gasteiger partial charge in [0.1, 0.15) is 0 Å². The Morgan fingerprint density at radius 2 is 2.18 bits per heavy atom. The van der Waals surface area contributed by atoms with Gasteiger partial charge in [-0.2, -0.15) is 4.99 Å². The highest BCUT2D eigenvalue weighted by Gasteiger charge is 2.30. The summed E-state index contributed by atoms with van der Waals surface area (Å²) in [4.78, 5) is 34.0. The molecule has 0 radical (unpaired) electrons. The number of aliphatic imine (C=N–C) groups is 1. The summed E-state index contributed by atoms with van der Waals surface area (Å²) in [5.74, 6) is -0.550. The summed E-state index contributed by atoms with van der Waals surface area (Å²) in [5, 5.41) is 11.9. The van der Waals surface area contributed by atoms with E-state index in [2.05, 4.69) is 9.98 Å². The SMILES string of the molecule is COc1cc(/C=C2/S/C(=N/c3nccs3)N(C)C2=O)ccc1OC(C)C(=O)O. The number of methoxy groups -OCH3 is 1. The minimum absolute atomic E-state index is 0.168. The lowest BCUT2D eigenvalue weighted by Crippen LogP contribution is -2.23. The molecule has 1 aromatic heterocycles. The van der Waals surface area contributed by atoms with E-state index in [1.54, 1.807) is 37.5 Å². The molecule has 1 aliphatic heterocycles. The Labute approximate surface area is 169 Å². The summed E-state index contributed by atoms with van der Waals surface area (Å²) >= 11 is 2.65. The van der Waals surface area contributed by atoms with Gasteiger partial charge in [-0.15, -0.1) is 11.3 Å². The minimum atomic E-state index is -1.07. The maximum absolute atomic E-state index is 12.5. The zero-order valence-corrected chi connectivity index (χ0v) is 16.9. The second kappa shape index (κ2) is 8.44. The van der Waals surface area contributed by atoms with Gasteiger partial charge in [-0.3, -0.25) is 9.69 Å². The number of thioether (sulfide) groups is 1. The van der Waals surface area contributed by atoms with Crippen LogP contribution < -0.4 is 9.47 Å². The number of benzene rings is 1. The number of hydrogen-bond acceptors (Lipinski definition) is 8.